The number of halogens is 2. The summed E-state index contributed by atoms with van der Waals surface area (Å²) in [5, 5.41) is 10.3. The molecule has 5 nitrogen and oxygen atoms in total. The number of H-pyrrole nitrogens is 1. The van der Waals surface area contributed by atoms with E-state index in [2.05, 4.69) is 15.0 Å². The van der Waals surface area contributed by atoms with Gasteiger partial charge in [-0.2, -0.15) is 0 Å². The van der Waals surface area contributed by atoms with Gasteiger partial charge in [0, 0.05) is 23.0 Å². The number of rotatable bonds is 1. The molecule has 0 aliphatic rings. The fourth-order valence-corrected chi connectivity index (χ4v) is 2.15. The summed E-state index contributed by atoms with van der Waals surface area (Å²) in [5.74, 6) is -0.952. The molecule has 2 aromatic heterocycles. The van der Waals surface area contributed by atoms with Crippen LogP contribution in [0.3, 0.4) is 0 Å². The standard InChI is InChI=1S/C13H7ClFN3O2/c14-8-2-1-6(15)5-7(8)9-11(19)10-12(18-13(9)20)17-4-3-16-10/h1-5H,(H2,17,18,19,20). The molecule has 2 N–H and O–H groups in total. The highest BCUT2D eigenvalue weighted by molar-refractivity contribution is 6.33. The molecule has 0 saturated carbocycles. The van der Waals surface area contributed by atoms with Gasteiger partial charge in [-0.1, -0.05) is 11.6 Å². The number of fused-ring (bicyclic) bond motifs is 1. The van der Waals surface area contributed by atoms with E-state index in [0.29, 0.717) is 0 Å². The van der Waals surface area contributed by atoms with Gasteiger partial charge in [0.1, 0.15) is 11.3 Å². The lowest BCUT2D eigenvalue weighted by Crippen LogP contribution is -2.11. The third kappa shape index (κ3) is 1.90. The van der Waals surface area contributed by atoms with Crippen molar-refractivity contribution in [2.24, 2.45) is 0 Å². The molecule has 0 fully saturated rings. The Kier molecular flexibility index (Phi) is 2.87. The zero-order chi connectivity index (χ0) is 14.3. The number of pyridine rings is 1. The predicted octanol–water partition coefficient (Wildman–Crippen LogP) is 2.48. The van der Waals surface area contributed by atoms with Crippen molar-refractivity contribution in [2.45, 2.75) is 0 Å². The average molecular weight is 292 g/mol. The van der Waals surface area contributed by atoms with Crippen molar-refractivity contribution in [2.75, 3.05) is 0 Å². The second kappa shape index (κ2) is 4.57. The molecule has 20 heavy (non-hydrogen) atoms. The van der Waals surface area contributed by atoms with Crippen molar-refractivity contribution in [3.63, 3.8) is 0 Å². The molecule has 0 atom stereocenters. The Bertz CT molecular complexity index is 879. The molecule has 100 valence electrons. The Morgan fingerprint density at radius 1 is 1.25 bits per heavy atom. The molecule has 0 radical (unpaired) electrons. The number of hydrogen-bond acceptors (Lipinski definition) is 4. The van der Waals surface area contributed by atoms with Gasteiger partial charge in [0.2, 0.25) is 0 Å². The highest BCUT2D eigenvalue weighted by atomic mass is 35.5. The Morgan fingerprint density at radius 3 is 2.80 bits per heavy atom. The van der Waals surface area contributed by atoms with E-state index >= 15 is 0 Å². The summed E-state index contributed by atoms with van der Waals surface area (Å²) in [4.78, 5) is 22.4. The van der Waals surface area contributed by atoms with Crippen LogP contribution in [0.5, 0.6) is 5.75 Å². The van der Waals surface area contributed by atoms with Crippen LogP contribution in [0.4, 0.5) is 4.39 Å². The molecule has 3 rings (SSSR count). The van der Waals surface area contributed by atoms with Crippen LogP contribution < -0.4 is 5.56 Å². The van der Waals surface area contributed by atoms with Crippen molar-refractivity contribution >= 4 is 22.8 Å². The summed E-state index contributed by atoms with van der Waals surface area (Å²) in [7, 11) is 0. The largest absolute Gasteiger partial charge is 0.505 e. The SMILES string of the molecule is O=c1[nH]c2nccnc2c(O)c1-c1cc(F)ccc1Cl. The molecule has 0 amide bonds. The zero-order valence-corrected chi connectivity index (χ0v) is 10.6. The molecular formula is C13H7ClFN3O2. The van der Waals surface area contributed by atoms with Crippen LogP contribution >= 0.6 is 11.6 Å². The molecule has 0 spiro atoms. The van der Waals surface area contributed by atoms with Gasteiger partial charge in [0.25, 0.3) is 5.56 Å². The van der Waals surface area contributed by atoms with E-state index in [-0.39, 0.29) is 33.1 Å². The molecule has 0 aliphatic heterocycles. The van der Waals surface area contributed by atoms with Gasteiger partial charge in [-0.3, -0.25) is 4.79 Å². The summed E-state index contributed by atoms with van der Waals surface area (Å²) in [5.41, 5.74) is -0.405. The van der Waals surface area contributed by atoms with Crippen molar-refractivity contribution in [1.29, 1.82) is 0 Å². The molecule has 0 aliphatic carbocycles. The molecule has 0 saturated heterocycles. The number of benzene rings is 1. The van der Waals surface area contributed by atoms with Crippen molar-refractivity contribution in [3.8, 4) is 16.9 Å². The first-order valence-corrected chi connectivity index (χ1v) is 5.97. The van der Waals surface area contributed by atoms with Gasteiger partial charge in [-0.15, -0.1) is 0 Å². The third-order valence-corrected chi connectivity index (χ3v) is 3.15. The van der Waals surface area contributed by atoms with Gasteiger partial charge in [0.15, 0.2) is 11.4 Å². The topological polar surface area (TPSA) is 78.9 Å². The number of nitrogens with one attached hydrogen (secondary N) is 1. The normalized spacial score (nSPS) is 10.9. The first-order valence-electron chi connectivity index (χ1n) is 5.59. The maximum Gasteiger partial charge on any atom is 0.261 e. The van der Waals surface area contributed by atoms with Crippen LogP contribution in [-0.2, 0) is 0 Å². The molecule has 0 unspecified atom stereocenters. The smallest absolute Gasteiger partial charge is 0.261 e. The van der Waals surface area contributed by atoms with Gasteiger partial charge in [-0.05, 0) is 18.2 Å². The van der Waals surface area contributed by atoms with Crippen LogP contribution in [0.15, 0.2) is 35.4 Å². The minimum absolute atomic E-state index is 0.0953. The second-order valence-electron chi connectivity index (χ2n) is 4.06. The Hall–Kier alpha value is -2.47. The summed E-state index contributed by atoms with van der Waals surface area (Å²) >= 11 is 5.96. The lowest BCUT2D eigenvalue weighted by molar-refractivity contribution is 0.481. The van der Waals surface area contributed by atoms with E-state index in [4.69, 9.17) is 11.6 Å². The Labute approximate surface area is 116 Å². The van der Waals surface area contributed by atoms with Gasteiger partial charge >= 0.3 is 0 Å². The molecule has 2 heterocycles. The fourth-order valence-electron chi connectivity index (χ4n) is 1.94. The second-order valence-corrected chi connectivity index (χ2v) is 4.46. The predicted molar refractivity (Wildman–Crippen MR) is 72.2 cm³/mol. The number of aromatic nitrogens is 3. The van der Waals surface area contributed by atoms with Crippen LogP contribution in [-0.4, -0.2) is 20.1 Å². The van der Waals surface area contributed by atoms with Crippen molar-refractivity contribution in [1.82, 2.24) is 15.0 Å². The molecule has 0 bridgehead atoms. The van der Waals surface area contributed by atoms with E-state index in [1.165, 1.54) is 18.5 Å². The van der Waals surface area contributed by atoms with E-state index in [1.807, 2.05) is 0 Å². The summed E-state index contributed by atoms with van der Waals surface area (Å²) in [6, 6.07) is 3.55. The Morgan fingerprint density at radius 2 is 2.00 bits per heavy atom. The fraction of sp³-hybridized carbons (Fsp3) is 0. The van der Waals surface area contributed by atoms with E-state index in [0.717, 1.165) is 12.1 Å². The minimum atomic E-state index is -0.622. The van der Waals surface area contributed by atoms with E-state index in [1.54, 1.807) is 0 Å². The van der Waals surface area contributed by atoms with E-state index < -0.39 is 11.4 Å². The number of aromatic hydroxyl groups is 1. The number of nitrogens with zero attached hydrogens (tertiary/aromatic N) is 2. The van der Waals surface area contributed by atoms with Crippen LogP contribution in [0, 0.1) is 5.82 Å². The first-order chi connectivity index (χ1) is 9.58. The molecular weight excluding hydrogens is 285 g/mol. The lowest BCUT2D eigenvalue weighted by Gasteiger charge is -2.08. The lowest BCUT2D eigenvalue weighted by atomic mass is 10.1. The highest BCUT2D eigenvalue weighted by Crippen LogP contribution is 2.34. The molecule has 7 heteroatoms. The van der Waals surface area contributed by atoms with Crippen molar-refractivity contribution < 1.29 is 9.50 Å². The van der Waals surface area contributed by atoms with Gasteiger partial charge in [0.05, 0.1) is 5.56 Å². The summed E-state index contributed by atoms with van der Waals surface area (Å²) in [6.07, 6.45) is 2.75. The quantitative estimate of drug-likeness (QED) is 0.722. The van der Waals surface area contributed by atoms with Crippen LogP contribution in [0.1, 0.15) is 0 Å². The maximum atomic E-state index is 13.3. The van der Waals surface area contributed by atoms with Crippen LogP contribution in [0.2, 0.25) is 5.02 Å². The average Bonchev–Trinajstić information content (AvgIpc) is 2.42. The van der Waals surface area contributed by atoms with Crippen molar-refractivity contribution in [3.05, 3.63) is 51.8 Å². The summed E-state index contributed by atoms with van der Waals surface area (Å²) in [6.45, 7) is 0. The van der Waals surface area contributed by atoms with Gasteiger partial charge in [-0.25, -0.2) is 14.4 Å². The maximum absolute atomic E-state index is 13.3. The van der Waals surface area contributed by atoms with Crippen LogP contribution in [0.25, 0.3) is 22.3 Å². The monoisotopic (exact) mass is 291 g/mol. The van der Waals surface area contributed by atoms with Gasteiger partial charge < -0.3 is 10.1 Å². The number of aromatic amines is 1. The molecule has 1 aromatic carbocycles. The Balaban J connectivity index is 2.42. The number of hydrogen-bond donors (Lipinski definition) is 2. The van der Waals surface area contributed by atoms with E-state index in [9.17, 15) is 14.3 Å². The first kappa shape index (κ1) is 12.6. The molecule has 3 aromatic rings. The summed E-state index contributed by atoms with van der Waals surface area (Å²) < 4.78 is 13.3. The third-order valence-electron chi connectivity index (χ3n) is 2.82. The zero-order valence-electron chi connectivity index (χ0n) is 9.89. The minimum Gasteiger partial charge on any atom is -0.505 e. The highest BCUT2D eigenvalue weighted by Gasteiger charge is 2.18.